The molecule has 1 radical (unpaired) electrons. The Morgan fingerprint density at radius 2 is 0.815 bits per heavy atom. The summed E-state index contributed by atoms with van der Waals surface area (Å²) in [4.78, 5) is 0.911. The van der Waals surface area contributed by atoms with Crippen molar-refractivity contribution in [2.45, 2.75) is 0 Å². The Balaban J connectivity index is 1.70. The Hall–Kier alpha value is -2.11. The van der Waals surface area contributed by atoms with E-state index in [1.165, 1.54) is 9.37 Å². The Morgan fingerprint density at radius 1 is 0.444 bits per heavy atom. The van der Waals surface area contributed by atoms with Gasteiger partial charge in [0.25, 0.3) is 0 Å². The van der Waals surface area contributed by atoms with Crippen molar-refractivity contribution < 1.29 is 0 Å². The zero-order valence-corrected chi connectivity index (χ0v) is 19.6. The van der Waals surface area contributed by atoms with Gasteiger partial charge >= 0.3 is 176 Å². The molecule has 0 aliphatic carbocycles. The first-order chi connectivity index (χ1) is 13.3. The molecule has 0 aromatic heterocycles. The molecule has 2 heteroatoms. The van der Waals surface area contributed by atoms with Crippen LogP contribution in [0, 0.1) is 0 Å². The molecular weight excluding hydrogens is 540 g/mol. The molecule has 0 amide bonds. The maximum absolute atomic E-state index is 5.70. The van der Waals surface area contributed by atoms with Gasteiger partial charge in [0.2, 0.25) is 0 Å². The molecule has 0 bridgehead atoms. The Morgan fingerprint density at radius 3 is 1.30 bits per heavy atom. The van der Waals surface area contributed by atoms with Crippen LogP contribution < -0.4 is 9.37 Å². The van der Waals surface area contributed by atoms with E-state index in [1.807, 2.05) is 18.2 Å². The molecule has 0 nitrogen and oxygen atoms in total. The number of rotatable bonds is 5. The summed E-state index contributed by atoms with van der Waals surface area (Å²) in [6.45, 7) is 0. The molecule has 0 atom stereocenters. The topological polar surface area (TPSA) is 0 Å². The fourth-order valence-electron chi connectivity index (χ4n) is 3.25. The zero-order chi connectivity index (χ0) is 18.5. The molecule has 0 fully saturated rings. The van der Waals surface area contributed by atoms with Crippen LogP contribution in [0.1, 0.15) is 11.1 Å². The molecule has 0 aliphatic rings. The Labute approximate surface area is 174 Å². The molecule has 0 spiro atoms. The second kappa shape index (κ2) is 8.72. The van der Waals surface area contributed by atoms with Crippen LogP contribution in [0.5, 0.6) is 0 Å². The maximum atomic E-state index is 5.70. The average Bonchev–Trinajstić information content (AvgIpc) is 2.76. The van der Waals surface area contributed by atoms with Gasteiger partial charge < -0.3 is 0 Å². The minimum atomic E-state index is -2.38. The predicted molar refractivity (Wildman–Crippen MR) is 121 cm³/mol. The number of thiocarbonyl (C=S) groups is 1. The van der Waals surface area contributed by atoms with Crippen molar-refractivity contribution in [3.05, 3.63) is 126 Å². The summed E-state index contributed by atoms with van der Waals surface area (Å²) in [6, 6.07) is 41.2. The van der Waals surface area contributed by atoms with Gasteiger partial charge in [0.15, 0.2) is 0 Å². The van der Waals surface area contributed by atoms with E-state index >= 15 is 0 Å². The van der Waals surface area contributed by atoms with E-state index < -0.39 is 22.7 Å². The molecule has 4 aromatic rings. The van der Waals surface area contributed by atoms with Crippen LogP contribution in [0.4, 0.5) is 0 Å². The van der Waals surface area contributed by atoms with Crippen LogP contribution in [0.15, 0.2) is 115 Å². The first-order valence-corrected chi connectivity index (χ1v) is 15.2. The molecule has 0 saturated heterocycles. The normalized spacial score (nSPS) is 10.7. The number of benzene rings is 4. The van der Waals surface area contributed by atoms with Crippen molar-refractivity contribution in [3.8, 4) is 0 Å². The summed E-state index contributed by atoms with van der Waals surface area (Å²) < 4.78 is 4.50. The second-order valence-corrected chi connectivity index (χ2v) is 16.4. The molecular formula is C25H19PbS. The van der Waals surface area contributed by atoms with Gasteiger partial charge in [-0.1, -0.05) is 0 Å². The fourth-order valence-corrected chi connectivity index (χ4v) is 13.4. The van der Waals surface area contributed by atoms with E-state index in [4.69, 9.17) is 12.2 Å². The molecule has 0 saturated carbocycles. The standard InChI is InChI=1S/C13H9S.2C6H5.Pb/c14-13(11-7-3-1-4-8-11)12-9-5-2-6-10-12;2*1-2-4-6-5-3-1;/h1,3-10H;2*1-5H;. The van der Waals surface area contributed by atoms with Crippen LogP contribution >= 0.6 is 12.2 Å². The SMILES string of the molecule is S=C(c1ccccc1)c1cc[c]([Pb]([c]2ccccc2)[c]2ccccc2)cc1. The van der Waals surface area contributed by atoms with Crippen molar-refractivity contribution in [3.63, 3.8) is 0 Å². The van der Waals surface area contributed by atoms with E-state index in [9.17, 15) is 0 Å². The second-order valence-electron chi connectivity index (χ2n) is 6.38. The molecule has 0 N–H and O–H groups in total. The molecule has 27 heavy (non-hydrogen) atoms. The summed E-state index contributed by atoms with van der Waals surface area (Å²) in [5.41, 5.74) is 2.22. The summed E-state index contributed by atoms with van der Waals surface area (Å²) >= 11 is 3.32. The predicted octanol–water partition coefficient (Wildman–Crippen LogP) is 3.97. The van der Waals surface area contributed by atoms with Crippen LogP contribution in [-0.2, 0) is 0 Å². The summed E-state index contributed by atoms with van der Waals surface area (Å²) in [7, 11) is 0. The molecule has 0 unspecified atom stereocenters. The van der Waals surface area contributed by atoms with Crippen LogP contribution in [-0.4, -0.2) is 27.6 Å². The van der Waals surface area contributed by atoms with Crippen LogP contribution in [0.2, 0.25) is 0 Å². The van der Waals surface area contributed by atoms with Gasteiger partial charge in [-0.05, 0) is 0 Å². The molecule has 4 aromatic carbocycles. The fraction of sp³-hybridized carbons (Fsp3) is 0. The van der Waals surface area contributed by atoms with E-state index in [2.05, 4.69) is 97.1 Å². The Bertz CT molecular complexity index is 971. The van der Waals surface area contributed by atoms with E-state index in [-0.39, 0.29) is 0 Å². The summed E-state index contributed by atoms with van der Waals surface area (Å²) in [5.74, 6) is 0. The van der Waals surface area contributed by atoms with Crippen molar-refractivity contribution in [1.82, 2.24) is 0 Å². The van der Waals surface area contributed by atoms with Gasteiger partial charge in [-0.3, -0.25) is 0 Å². The Kier molecular flexibility index (Phi) is 5.90. The van der Waals surface area contributed by atoms with Crippen molar-refractivity contribution in [2.24, 2.45) is 0 Å². The third kappa shape index (κ3) is 4.25. The van der Waals surface area contributed by atoms with Crippen molar-refractivity contribution >= 4 is 49.2 Å². The molecule has 4 rings (SSSR count). The third-order valence-electron chi connectivity index (χ3n) is 4.60. The van der Waals surface area contributed by atoms with E-state index in [0.29, 0.717) is 0 Å². The van der Waals surface area contributed by atoms with Gasteiger partial charge in [0.05, 0.1) is 0 Å². The van der Waals surface area contributed by atoms with Gasteiger partial charge in [-0.2, -0.15) is 0 Å². The van der Waals surface area contributed by atoms with Crippen molar-refractivity contribution in [1.29, 1.82) is 0 Å². The third-order valence-corrected chi connectivity index (χ3v) is 15.7. The molecule has 129 valence electrons. The summed E-state index contributed by atoms with van der Waals surface area (Å²) in [5, 5.41) is 0. The molecule has 0 heterocycles. The van der Waals surface area contributed by atoms with Crippen LogP contribution in [0.25, 0.3) is 0 Å². The average molecular weight is 559 g/mol. The first kappa shape index (κ1) is 18.3. The van der Waals surface area contributed by atoms with Crippen LogP contribution in [0.3, 0.4) is 0 Å². The van der Waals surface area contributed by atoms with E-state index in [1.54, 1.807) is 0 Å². The number of hydrogen-bond donors (Lipinski definition) is 0. The molecule has 0 aliphatic heterocycles. The van der Waals surface area contributed by atoms with Gasteiger partial charge in [0, 0.05) is 0 Å². The van der Waals surface area contributed by atoms with Crippen molar-refractivity contribution in [2.75, 3.05) is 0 Å². The van der Waals surface area contributed by atoms with E-state index in [0.717, 1.165) is 16.0 Å². The van der Waals surface area contributed by atoms with Gasteiger partial charge in [-0.15, -0.1) is 0 Å². The monoisotopic (exact) mass is 559 g/mol. The first-order valence-electron chi connectivity index (χ1n) is 9.01. The minimum absolute atomic E-state index is 0.911. The van der Waals surface area contributed by atoms with Gasteiger partial charge in [0.1, 0.15) is 0 Å². The van der Waals surface area contributed by atoms with Gasteiger partial charge in [-0.25, -0.2) is 0 Å². The number of hydrogen-bond acceptors (Lipinski definition) is 1. The summed E-state index contributed by atoms with van der Waals surface area (Å²) in [6.07, 6.45) is 0. The quantitative estimate of drug-likeness (QED) is 0.203. The zero-order valence-electron chi connectivity index (χ0n) is 14.9.